The fourth-order valence-corrected chi connectivity index (χ4v) is 4.14. The number of nitrogens with one attached hydrogen (secondary N) is 1. The number of anilines is 2. The Labute approximate surface area is 163 Å². The number of piperidine rings is 1. The number of hydrogen-bond donors (Lipinski definition) is 2. The number of aliphatic carboxylic acids is 1. The van der Waals surface area contributed by atoms with Gasteiger partial charge in [-0.2, -0.15) is 8.78 Å². The van der Waals surface area contributed by atoms with Gasteiger partial charge in [-0.05, 0) is 30.0 Å². The predicted molar refractivity (Wildman–Crippen MR) is 93.3 cm³/mol. The van der Waals surface area contributed by atoms with Crippen molar-refractivity contribution in [3.8, 4) is 0 Å². The molecule has 8 nitrogen and oxygen atoms in total. The molecule has 2 saturated heterocycles. The van der Waals surface area contributed by atoms with Gasteiger partial charge in [0.2, 0.25) is 0 Å². The minimum absolute atomic E-state index is 0.0186. The van der Waals surface area contributed by atoms with Crippen LogP contribution in [0.25, 0.3) is 0 Å². The zero-order valence-electron chi connectivity index (χ0n) is 15.1. The largest absolute Gasteiger partial charge is 0.481 e. The fourth-order valence-electron chi connectivity index (χ4n) is 4.14. The van der Waals surface area contributed by atoms with Gasteiger partial charge in [-0.15, -0.1) is 0 Å². The summed E-state index contributed by atoms with van der Waals surface area (Å²) < 4.78 is 44.1. The van der Waals surface area contributed by atoms with E-state index >= 15 is 0 Å². The van der Waals surface area contributed by atoms with Crippen LogP contribution in [0.3, 0.4) is 0 Å². The molecule has 156 valence electrons. The van der Waals surface area contributed by atoms with Gasteiger partial charge in [0.05, 0.1) is 30.4 Å². The Hall–Kier alpha value is -2.98. The molecule has 0 bridgehead atoms. The molecule has 2 heterocycles. The van der Waals surface area contributed by atoms with E-state index in [2.05, 4.69) is 0 Å². The number of fused-ring (bicyclic) bond motifs is 1. The van der Waals surface area contributed by atoms with Crippen LogP contribution in [0.2, 0.25) is 0 Å². The number of hydrogen-bond acceptors (Lipinski definition) is 5. The Kier molecular flexibility index (Phi) is 4.75. The predicted octanol–water partition coefficient (Wildman–Crippen LogP) is 1.30. The van der Waals surface area contributed by atoms with Gasteiger partial charge in [-0.1, -0.05) is 0 Å². The number of carbonyl (C=O) groups is 3. The van der Waals surface area contributed by atoms with Crippen LogP contribution in [-0.4, -0.2) is 61.8 Å². The minimum atomic E-state index is -3.16. The smallest absolute Gasteiger partial charge is 0.414 e. The number of carboxylic acid groups (broad SMARTS) is 1. The van der Waals surface area contributed by atoms with Crippen molar-refractivity contribution in [2.45, 2.75) is 12.5 Å². The summed E-state index contributed by atoms with van der Waals surface area (Å²) >= 11 is 0. The molecule has 4 rings (SSSR count). The van der Waals surface area contributed by atoms with Crippen LogP contribution in [0.5, 0.6) is 0 Å². The Balaban J connectivity index is 1.38. The number of alkyl halides is 2. The van der Waals surface area contributed by atoms with Crippen molar-refractivity contribution in [3.63, 3.8) is 0 Å². The molecule has 2 aliphatic heterocycles. The summed E-state index contributed by atoms with van der Waals surface area (Å²) in [7, 11) is 0. The van der Waals surface area contributed by atoms with Crippen LogP contribution in [0, 0.1) is 23.6 Å². The van der Waals surface area contributed by atoms with E-state index in [9.17, 15) is 27.6 Å². The van der Waals surface area contributed by atoms with Crippen LogP contribution in [0.4, 0.5) is 29.3 Å². The lowest BCUT2D eigenvalue weighted by molar-refractivity contribution is -0.139. The Bertz CT molecular complexity index is 855. The summed E-state index contributed by atoms with van der Waals surface area (Å²) in [6.07, 6.45) is -4.75. The molecule has 29 heavy (non-hydrogen) atoms. The van der Waals surface area contributed by atoms with Crippen molar-refractivity contribution in [1.82, 2.24) is 5.32 Å². The molecular weight excluding hydrogens is 395 g/mol. The third kappa shape index (κ3) is 3.56. The molecule has 2 amide bonds. The van der Waals surface area contributed by atoms with Crippen molar-refractivity contribution < 1.29 is 37.4 Å². The Morgan fingerprint density at radius 1 is 1.24 bits per heavy atom. The maximum absolute atomic E-state index is 14.6. The third-order valence-electron chi connectivity index (χ3n) is 5.64. The highest BCUT2D eigenvalue weighted by atomic mass is 19.3. The first-order valence-corrected chi connectivity index (χ1v) is 9.07. The van der Waals surface area contributed by atoms with E-state index in [1.54, 1.807) is 11.0 Å². The lowest BCUT2D eigenvalue weighted by Gasteiger charge is -2.23. The van der Waals surface area contributed by atoms with Crippen molar-refractivity contribution in [1.29, 1.82) is 0 Å². The van der Waals surface area contributed by atoms with E-state index < -0.39 is 36.3 Å². The molecule has 3 unspecified atom stereocenters. The number of halogens is 3. The van der Waals surface area contributed by atoms with E-state index in [0.717, 1.165) is 4.90 Å². The summed E-state index contributed by atoms with van der Waals surface area (Å²) in [6.45, 7) is 0.647. The number of nitrogens with zero attached hydrogens (tertiary/aromatic N) is 2. The summed E-state index contributed by atoms with van der Waals surface area (Å²) in [5.74, 6) is -3.12. The lowest BCUT2D eigenvalue weighted by Crippen LogP contribution is -2.37. The maximum Gasteiger partial charge on any atom is 0.414 e. The average Bonchev–Trinajstić information content (AvgIpc) is 2.97. The van der Waals surface area contributed by atoms with Crippen LogP contribution < -0.4 is 15.1 Å². The molecule has 3 atom stereocenters. The molecular formula is C18H18F3N3O5. The second-order valence-corrected chi connectivity index (χ2v) is 7.39. The van der Waals surface area contributed by atoms with Gasteiger partial charge in [0, 0.05) is 13.1 Å². The summed E-state index contributed by atoms with van der Waals surface area (Å²) in [6, 6.07) is 4.23. The molecule has 1 saturated carbocycles. The van der Waals surface area contributed by atoms with E-state index in [0.29, 0.717) is 18.8 Å². The fraction of sp³-hybridized carbons (Fsp3) is 0.500. The van der Waals surface area contributed by atoms with Gasteiger partial charge in [0.1, 0.15) is 11.9 Å². The standard InChI is InChI=1S/C18H18F3N3O5/c19-12-3-8(24-5-9(29-18(24)28)4-22-16(25)15(20)21)1-2-13(12)23-6-10-11(7-23)14(10)17(26)27/h1-3,9-11,14-15H,4-7H2,(H,22,25)(H,26,27). The molecule has 0 aromatic heterocycles. The summed E-state index contributed by atoms with van der Waals surface area (Å²) in [4.78, 5) is 36.9. The zero-order valence-corrected chi connectivity index (χ0v) is 15.1. The number of rotatable bonds is 6. The second kappa shape index (κ2) is 7.12. The highest BCUT2D eigenvalue weighted by Gasteiger charge is 2.60. The number of ether oxygens (including phenoxy) is 1. The van der Waals surface area contributed by atoms with E-state index in [-0.39, 0.29) is 36.5 Å². The normalized spacial score (nSPS) is 27.8. The van der Waals surface area contributed by atoms with E-state index in [1.165, 1.54) is 12.1 Å². The molecule has 1 aromatic carbocycles. The highest BCUT2D eigenvalue weighted by Crippen LogP contribution is 2.52. The first-order valence-electron chi connectivity index (χ1n) is 9.07. The number of amides is 2. The molecule has 3 fully saturated rings. The Morgan fingerprint density at radius 2 is 1.93 bits per heavy atom. The van der Waals surface area contributed by atoms with Crippen molar-refractivity contribution in [2.24, 2.45) is 17.8 Å². The third-order valence-corrected chi connectivity index (χ3v) is 5.64. The number of benzene rings is 1. The van der Waals surface area contributed by atoms with Gasteiger partial charge in [0.15, 0.2) is 0 Å². The molecule has 0 radical (unpaired) electrons. The molecule has 3 aliphatic rings. The average molecular weight is 413 g/mol. The molecule has 2 N–H and O–H groups in total. The number of carboxylic acids is 1. The van der Waals surface area contributed by atoms with Gasteiger partial charge in [-0.25, -0.2) is 9.18 Å². The van der Waals surface area contributed by atoms with Crippen molar-refractivity contribution in [3.05, 3.63) is 24.0 Å². The van der Waals surface area contributed by atoms with Crippen LogP contribution in [0.15, 0.2) is 18.2 Å². The first-order chi connectivity index (χ1) is 13.8. The molecule has 11 heteroatoms. The van der Waals surface area contributed by atoms with Gasteiger partial charge >= 0.3 is 18.5 Å². The molecule has 1 aliphatic carbocycles. The first kappa shape index (κ1) is 19.3. The van der Waals surface area contributed by atoms with Gasteiger partial charge < -0.3 is 20.1 Å². The maximum atomic E-state index is 14.6. The monoisotopic (exact) mass is 413 g/mol. The van der Waals surface area contributed by atoms with Crippen LogP contribution in [0.1, 0.15) is 0 Å². The second-order valence-electron chi connectivity index (χ2n) is 7.39. The lowest BCUT2D eigenvalue weighted by atomic mass is 10.2. The minimum Gasteiger partial charge on any atom is -0.481 e. The van der Waals surface area contributed by atoms with Crippen LogP contribution >= 0.6 is 0 Å². The molecule has 0 spiro atoms. The summed E-state index contributed by atoms with van der Waals surface area (Å²) in [5, 5.41) is 11.0. The van der Waals surface area contributed by atoms with Crippen molar-refractivity contribution in [2.75, 3.05) is 36.0 Å². The zero-order chi connectivity index (χ0) is 20.9. The SMILES string of the molecule is O=C(NCC1CN(c2ccc(N3CC4C(C3)C4C(=O)O)c(F)c2)C(=O)O1)C(F)F. The van der Waals surface area contributed by atoms with Gasteiger partial charge in [-0.3, -0.25) is 14.5 Å². The molecule has 1 aromatic rings. The number of carbonyl (C=O) groups excluding carboxylic acids is 2. The Morgan fingerprint density at radius 3 is 2.52 bits per heavy atom. The van der Waals surface area contributed by atoms with Gasteiger partial charge in [0.25, 0.3) is 5.91 Å². The highest BCUT2D eigenvalue weighted by molar-refractivity contribution is 5.90. The van der Waals surface area contributed by atoms with E-state index in [4.69, 9.17) is 9.84 Å². The summed E-state index contributed by atoms with van der Waals surface area (Å²) in [5.41, 5.74) is 0.574. The number of cyclic esters (lactones) is 1. The van der Waals surface area contributed by atoms with Crippen LogP contribution in [-0.2, 0) is 14.3 Å². The quantitative estimate of drug-likeness (QED) is 0.730. The van der Waals surface area contributed by atoms with E-state index in [1.807, 2.05) is 5.32 Å². The van der Waals surface area contributed by atoms with Crippen molar-refractivity contribution >= 4 is 29.3 Å². The topological polar surface area (TPSA) is 99.2 Å².